The molecule has 1 aromatic rings. The van der Waals surface area contributed by atoms with Crippen molar-refractivity contribution in [2.75, 3.05) is 51.4 Å². The van der Waals surface area contributed by atoms with Gasteiger partial charge in [0.1, 0.15) is 6.54 Å². The van der Waals surface area contributed by atoms with Crippen molar-refractivity contribution in [2.24, 2.45) is 10.9 Å². The van der Waals surface area contributed by atoms with Gasteiger partial charge in [-0.25, -0.2) is 4.99 Å². The number of nitrogens with one attached hydrogen (secondary N) is 3. The molecule has 0 atom stereocenters. The number of anilines is 1. The van der Waals surface area contributed by atoms with Crippen LogP contribution in [0.3, 0.4) is 0 Å². The first kappa shape index (κ1) is 25.5. The highest BCUT2D eigenvalue weighted by molar-refractivity contribution is 14.0. The molecule has 0 bridgehead atoms. The van der Waals surface area contributed by atoms with Crippen molar-refractivity contribution < 1.29 is 19.0 Å². The molecule has 0 aromatic heterocycles. The van der Waals surface area contributed by atoms with Crippen LogP contribution in [0.25, 0.3) is 0 Å². The average molecular weight is 546 g/mol. The van der Waals surface area contributed by atoms with Crippen LogP contribution >= 0.6 is 24.0 Å². The molecule has 9 heteroatoms. The molecule has 1 aliphatic heterocycles. The Balaban J connectivity index is 0.00000341. The molecule has 3 N–H and O–H groups in total. The van der Waals surface area contributed by atoms with Gasteiger partial charge in [0.2, 0.25) is 5.91 Å². The van der Waals surface area contributed by atoms with Crippen LogP contribution in [-0.4, -0.2) is 57.9 Å². The fourth-order valence-electron chi connectivity index (χ4n) is 2.90. The minimum Gasteiger partial charge on any atom is -0.490 e. The second-order valence-electron chi connectivity index (χ2n) is 7.65. The molecule has 1 heterocycles. The molecule has 3 rings (SSSR count). The number of benzene rings is 1. The monoisotopic (exact) mass is 546 g/mol. The Labute approximate surface area is 201 Å². The maximum atomic E-state index is 11.9. The van der Waals surface area contributed by atoms with Crippen LogP contribution < -0.4 is 25.4 Å². The van der Waals surface area contributed by atoms with Crippen LogP contribution in [0.5, 0.6) is 11.5 Å². The Morgan fingerprint density at radius 2 is 1.97 bits per heavy atom. The third-order valence-corrected chi connectivity index (χ3v) is 4.77. The van der Waals surface area contributed by atoms with Crippen molar-refractivity contribution in [2.45, 2.75) is 39.0 Å². The number of amides is 1. The third-order valence-electron chi connectivity index (χ3n) is 4.77. The van der Waals surface area contributed by atoms with Gasteiger partial charge in [-0.05, 0) is 43.7 Å². The molecule has 31 heavy (non-hydrogen) atoms. The van der Waals surface area contributed by atoms with Gasteiger partial charge in [0.15, 0.2) is 17.5 Å². The van der Waals surface area contributed by atoms with Gasteiger partial charge in [0.05, 0.1) is 13.2 Å². The van der Waals surface area contributed by atoms with Crippen LogP contribution in [0.4, 0.5) is 5.69 Å². The van der Waals surface area contributed by atoms with Gasteiger partial charge in [-0.15, -0.1) is 24.0 Å². The van der Waals surface area contributed by atoms with Crippen molar-refractivity contribution in [3.63, 3.8) is 0 Å². The first-order valence-corrected chi connectivity index (χ1v) is 11.0. The SMILES string of the molecule is CCCNC(=O)CN=C(NCCCOCC1CC1)Nc1ccc2c(c1)OCCCO2.I. The molecule has 1 amide bonds. The molecule has 8 nitrogen and oxygen atoms in total. The maximum Gasteiger partial charge on any atom is 0.241 e. The van der Waals surface area contributed by atoms with Crippen LogP contribution in [0, 0.1) is 5.92 Å². The van der Waals surface area contributed by atoms with E-state index in [4.69, 9.17) is 14.2 Å². The highest BCUT2D eigenvalue weighted by atomic mass is 127. The second-order valence-corrected chi connectivity index (χ2v) is 7.65. The van der Waals surface area contributed by atoms with Crippen LogP contribution in [0.1, 0.15) is 39.0 Å². The summed E-state index contributed by atoms with van der Waals surface area (Å²) in [5.74, 6) is 2.70. The fraction of sp³-hybridized carbons (Fsp3) is 0.636. The van der Waals surface area contributed by atoms with Gasteiger partial charge in [0, 0.05) is 44.5 Å². The number of guanidine groups is 1. The summed E-state index contributed by atoms with van der Waals surface area (Å²) in [6.07, 6.45) is 5.23. The molecule has 0 spiro atoms. The number of carbonyl (C=O) groups is 1. The van der Waals surface area contributed by atoms with Gasteiger partial charge in [-0.3, -0.25) is 4.79 Å². The number of halogens is 1. The predicted octanol–water partition coefficient (Wildman–Crippen LogP) is 3.17. The zero-order valence-corrected chi connectivity index (χ0v) is 20.6. The molecule has 174 valence electrons. The normalized spacial score (nSPS) is 15.5. The Bertz CT molecular complexity index is 713. The Morgan fingerprint density at radius 1 is 1.16 bits per heavy atom. The van der Waals surface area contributed by atoms with Gasteiger partial charge in [0.25, 0.3) is 0 Å². The van der Waals surface area contributed by atoms with E-state index in [1.54, 1.807) is 0 Å². The molecule has 0 saturated heterocycles. The van der Waals surface area contributed by atoms with Crippen LogP contribution in [0.2, 0.25) is 0 Å². The summed E-state index contributed by atoms with van der Waals surface area (Å²) in [6, 6.07) is 5.70. The quantitative estimate of drug-likeness (QED) is 0.171. The van der Waals surface area contributed by atoms with Crippen molar-refractivity contribution in [3.8, 4) is 11.5 Å². The van der Waals surface area contributed by atoms with Crippen LogP contribution in [0.15, 0.2) is 23.2 Å². The molecule has 0 unspecified atom stereocenters. The van der Waals surface area contributed by atoms with E-state index in [1.807, 2.05) is 25.1 Å². The smallest absolute Gasteiger partial charge is 0.241 e. The molecular weight excluding hydrogens is 511 g/mol. The lowest BCUT2D eigenvalue weighted by atomic mass is 10.2. The summed E-state index contributed by atoms with van der Waals surface area (Å²) in [4.78, 5) is 16.4. The summed E-state index contributed by atoms with van der Waals surface area (Å²) in [6.45, 7) is 6.33. The van der Waals surface area contributed by atoms with E-state index in [-0.39, 0.29) is 36.4 Å². The number of hydrogen-bond donors (Lipinski definition) is 3. The lowest BCUT2D eigenvalue weighted by Gasteiger charge is -2.15. The van der Waals surface area contributed by atoms with Crippen molar-refractivity contribution in [1.29, 1.82) is 0 Å². The van der Waals surface area contributed by atoms with E-state index in [0.717, 1.165) is 49.8 Å². The standard InChI is InChI=1S/C22H34N4O4.HI/c1-2-9-23-21(27)15-25-22(24-10-3-11-28-16-17-5-6-17)26-18-7-8-19-20(14-18)30-13-4-12-29-19;/h7-8,14,17H,2-6,9-13,15-16H2,1H3,(H,23,27)(H2,24,25,26);1H. The zero-order chi connectivity index (χ0) is 21.0. The Morgan fingerprint density at radius 3 is 2.74 bits per heavy atom. The number of ether oxygens (including phenoxy) is 3. The lowest BCUT2D eigenvalue weighted by molar-refractivity contribution is -0.119. The Kier molecular flexibility index (Phi) is 11.8. The summed E-state index contributed by atoms with van der Waals surface area (Å²) < 4.78 is 17.1. The highest BCUT2D eigenvalue weighted by Gasteiger charge is 2.20. The lowest BCUT2D eigenvalue weighted by Crippen LogP contribution is -2.34. The minimum atomic E-state index is -0.0932. The molecule has 1 fully saturated rings. The van der Waals surface area contributed by atoms with Crippen LogP contribution in [-0.2, 0) is 9.53 Å². The maximum absolute atomic E-state index is 11.9. The average Bonchev–Trinajstić information content (AvgIpc) is 3.59. The fourth-order valence-corrected chi connectivity index (χ4v) is 2.90. The highest BCUT2D eigenvalue weighted by Crippen LogP contribution is 2.32. The molecule has 0 radical (unpaired) electrons. The number of aliphatic imine (C=N–C) groups is 1. The van der Waals surface area contributed by atoms with E-state index in [9.17, 15) is 4.79 Å². The number of nitrogens with zero attached hydrogens (tertiary/aromatic N) is 1. The minimum absolute atomic E-state index is 0. The number of rotatable bonds is 11. The third kappa shape index (κ3) is 9.94. The largest absolute Gasteiger partial charge is 0.490 e. The van der Waals surface area contributed by atoms with Crippen molar-refractivity contribution in [1.82, 2.24) is 10.6 Å². The van der Waals surface area contributed by atoms with Crippen molar-refractivity contribution >= 4 is 41.5 Å². The van der Waals surface area contributed by atoms with E-state index in [2.05, 4.69) is 20.9 Å². The van der Waals surface area contributed by atoms with Gasteiger partial charge >= 0.3 is 0 Å². The van der Waals surface area contributed by atoms with Gasteiger partial charge < -0.3 is 30.2 Å². The number of carbonyl (C=O) groups excluding carboxylic acids is 1. The summed E-state index contributed by atoms with van der Waals surface area (Å²) >= 11 is 0. The summed E-state index contributed by atoms with van der Waals surface area (Å²) in [5, 5.41) is 9.39. The molecule has 1 aliphatic carbocycles. The molecule has 1 aromatic carbocycles. The zero-order valence-electron chi connectivity index (χ0n) is 18.3. The molecule has 2 aliphatic rings. The molecule has 1 saturated carbocycles. The number of fused-ring (bicyclic) bond motifs is 1. The predicted molar refractivity (Wildman–Crippen MR) is 133 cm³/mol. The van der Waals surface area contributed by atoms with E-state index < -0.39 is 0 Å². The van der Waals surface area contributed by atoms with Gasteiger partial charge in [-0.2, -0.15) is 0 Å². The van der Waals surface area contributed by atoms with E-state index in [1.165, 1.54) is 12.8 Å². The summed E-state index contributed by atoms with van der Waals surface area (Å²) in [5.41, 5.74) is 0.824. The summed E-state index contributed by atoms with van der Waals surface area (Å²) in [7, 11) is 0. The first-order chi connectivity index (χ1) is 14.7. The second kappa shape index (κ2) is 14.3. The van der Waals surface area contributed by atoms with Gasteiger partial charge in [-0.1, -0.05) is 6.92 Å². The van der Waals surface area contributed by atoms with E-state index in [0.29, 0.717) is 38.0 Å². The Hall–Kier alpha value is -1.75. The molecular formula is C22H35IN4O4. The number of hydrogen-bond acceptors (Lipinski definition) is 5. The van der Waals surface area contributed by atoms with E-state index >= 15 is 0 Å². The topological polar surface area (TPSA) is 93.2 Å². The first-order valence-electron chi connectivity index (χ1n) is 11.0. The van der Waals surface area contributed by atoms with Crippen molar-refractivity contribution in [3.05, 3.63) is 18.2 Å².